The number of alkyl carbamates (subject to hydrolysis) is 1. The summed E-state index contributed by atoms with van der Waals surface area (Å²) < 4.78 is 5.15. The molecule has 1 aromatic carbocycles. The van der Waals surface area contributed by atoms with E-state index >= 15 is 0 Å². The van der Waals surface area contributed by atoms with Gasteiger partial charge in [0.05, 0.1) is 0 Å². The zero-order valence-corrected chi connectivity index (χ0v) is 10.7. The molecule has 1 aromatic rings. The maximum absolute atomic E-state index is 11.5. The van der Waals surface area contributed by atoms with Gasteiger partial charge in [-0.2, -0.15) is 0 Å². The van der Waals surface area contributed by atoms with E-state index in [0.29, 0.717) is 25.0 Å². The van der Waals surface area contributed by atoms with Crippen LogP contribution in [-0.4, -0.2) is 25.7 Å². The fourth-order valence-corrected chi connectivity index (χ4v) is 2.13. The largest absolute Gasteiger partial charge is 0.445 e. The molecule has 0 aliphatic carbocycles. The van der Waals surface area contributed by atoms with Crippen LogP contribution in [0.2, 0.25) is 0 Å². The van der Waals surface area contributed by atoms with Crippen LogP contribution in [-0.2, 0) is 11.3 Å². The molecule has 0 saturated carbocycles. The van der Waals surface area contributed by atoms with Crippen molar-refractivity contribution >= 4 is 6.09 Å². The first-order valence-corrected chi connectivity index (χ1v) is 6.41. The first kappa shape index (κ1) is 12.9. The van der Waals surface area contributed by atoms with Crippen molar-refractivity contribution in [1.29, 1.82) is 0 Å². The normalized spacial score (nSPS) is 22.7. The van der Waals surface area contributed by atoms with E-state index in [1.165, 1.54) is 0 Å². The van der Waals surface area contributed by atoms with Crippen molar-refractivity contribution in [3.05, 3.63) is 35.9 Å². The number of hydrogen-bond acceptors (Lipinski definition) is 3. The summed E-state index contributed by atoms with van der Waals surface area (Å²) in [5.74, 6) is 1.12. The number of benzene rings is 1. The van der Waals surface area contributed by atoms with Crippen LogP contribution < -0.4 is 10.6 Å². The fourth-order valence-electron chi connectivity index (χ4n) is 2.13. The predicted octanol–water partition coefficient (Wildman–Crippen LogP) is 1.77. The highest BCUT2D eigenvalue weighted by Crippen LogP contribution is 2.14. The zero-order valence-electron chi connectivity index (χ0n) is 10.7. The minimum atomic E-state index is -0.335. The van der Waals surface area contributed by atoms with Gasteiger partial charge in [-0.05, 0) is 30.5 Å². The molecule has 0 spiro atoms. The van der Waals surface area contributed by atoms with Crippen molar-refractivity contribution in [2.45, 2.75) is 13.5 Å². The minimum Gasteiger partial charge on any atom is -0.445 e. The number of hydrogen-bond donors (Lipinski definition) is 2. The maximum Gasteiger partial charge on any atom is 0.407 e. The Labute approximate surface area is 108 Å². The average Bonchev–Trinajstić information content (AvgIpc) is 2.81. The number of nitrogens with one attached hydrogen (secondary N) is 2. The first-order valence-electron chi connectivity index (χ1n) is 6.41. The van der Waals surface area contributed by atoms with Gasteiger partial charge in [0.25, 0.3) is 0 Å². The summed E-state index contributed by atoms with van der Waals surface area (Å²) in [5.41, 5.74) is 1.00. The minimum absolute atomic E-state index is 0.325. The Bertz CT molecular complexity index is 381. The number of ether oxygens (including phenoxy) is 1. The van der Waals surface area contributed by atoms with Crippen molar-refractivity contribution in [3.63, 3.8) is 0 Å². The molecule has 2 N–H and O–H groups in total. The molecule has 1 fully saturated rings. The summed E-state index contributed by atoms with van der Waals surface area (Å²) in [6.45, 7) is 5.21. The Morgan fingerprint density at radius 2 is 2.17 bits per heavy atom. The van der Waals surface area contributed by atoms with Gasteiger partial charge in [0.1, 0.15) is 6.61 Å². The van der Waals surface area contributed by atoms with Crippen LogP contribution in [0.1, 0.15) is 12.5 Å². The average molecular weight is 248 g/mol. The molecular formula is C14H20N2O2. The van der Waals surface area contributed by atoms with Crippen molar-refractivity contribution in [2.24, 2.45) is 11.8 Å². The van der Waals surface area contributed by atoms with Crippen LogP contribution in [0.5, 0.6) is 0 Å². The second kappa shape index (κ2) is 6.40. The SMILES string of the molecule is CC1CNCC1CNC(=O)OCc1ccccc1. The lowest BCUT2D eigenvalue weighted by molar-refractivity contribution is 0.137. The molecule has 2 unspecified atom stereocenters. The number of carbonyl (C=O) groups is 1. The molecule has 1 saturated heterocycles. The highest BCUT2D eigenvalue weighted by atomic mass is 16.5. The Morgan fingerprint density at radius 1 is 1.39 bits per heavy atom. The molecule has 4 nitrogen and oxygen atoms in total. The maximum atomic E-state index is 11.5. The summed E-state index contributed by atoms with van der Waals surface area (Å²) in [6, 6.07) is 9.69. The molecule has 98 valence electrons. The monoisotopic (exact) mass is 248 g/mol. The van der Waals surface area contributed by atoms with Crippen LogP contribution in [0.15, 0.2) is 30.3 Å². The van der Waals surface area contributed by atoms with Gasteiger partial charge >= 0.3 is 6.09 Å². The third kappa shape index (κ3) is 3.74. The van der Waals surface area contributed by atoms with Gasteiger partial charge in [-0.1, -0.05) is 37.3 Å². The molecule has 1 aliphatic rings. The quantitative estimate of drug-likeness (QED) is 0.853. The second-order valence-electron chi connectivity index (χ2n) is 4.84. The summed E-state index contributed by atoms with van der Waals surface area (Å²) >= 11 is 0. The lowest BCUT2D eigenvalue weighted by Crippen LogP contribution is -2.32. The topological polar surface area (TPSA) is 50.4 Å². The van der Waals surface area contributed by atoms with Gasteiger partial charge in [0.2, 0.25) is 0 Å². The van der Waals surface area contributed by atoms with Gasteiger partial charge in [0, 0.05) is 6.54 Å². The molecule has 0 bridgehead atoms. The number of rotatable bonds is 4. The van der Waals surface area contributed by atoms with E-state index in [9.17, 15) is 4.79 Å². The van der Waals surface area contributed by atoms with Gasteiger partial charge in [0.15, 0.2) is 0 Å². The van der Waals surface area contributed by atoms with E-state index in [2.05, 4.69) is 17.6 Å². The number of amides is 1. The van der Waals surface area contributed by atoms with E-state index in [4.69, 9.17) is 4.74 Å². The molecule has 4 heteroatoms. The van der Waals surface area contributed by atoms with Crippen molar-refractivity contribution < 1.29 is 9.53 Å². The van der Waals surface area contributed by atoms with Gasteiger partial charge in [-0.3, -0.25) is 0 Å². The molecule has 1 aliphatic heterocycles. The first-order chi connectivity index (χ1) is 8.75. The van der Waals surface area contributed by atoms with E-state index in [1.807, 2.05) is 30.3 Å². The standard InChI is InChI=1S/C14H20N2O2/c1-11-7-15-8-13(11)9-16-14(17)18-10-12-5-3-2-4-6-12/h2-6,11,13,15H,7-10H2,1H3,(H,16,17). The lowest BCUT2D eigenvalue weighted by atomic mass is 9.98. The summed E-state index contributed by atoms with van der Waals surface area (Å²) in [7, 11) is 0. The summed E-state index contributed by atoms with van der Waals surface area (Å²) in [5, 5.41) is 6.14. The van der Waals surface area contributed by atoms with E-state index < -0.39 is 0 Å². The molecular weight excluding hydrogens is 228 g/mol. The van der Waals surface area contributed by atoms with Crippen LogP contribution in [0.25, 0.3) is 0 Å². The van der Waals surface area contributed by atoms with Crippen molar-refractivity contribution in [1.82, 2.24) is 10.6 Å². The third-order valence-corrected chi connectivity index (χ3v) is 3.40. The molecule has 18 heavy (non-hydrogen) atoms. The van der Waals surface area contributed by atoms with Crippen molar-refractivity contribution in [2.75, 3.05) is 19.6 Å². The predicted molar refractivity (Wildman–Crippen MR) is 70.2 cm³/mol. The molecule has 0 aromatic heterocycles. The van der Waals surface area contributed by atoms with Crippen LogP contribution >= 0.6 is 0 Å². The Kier molecular flexibility index (Phi) is 4.59. The zero-order chi connectivity index (χ0) is 12.8. The van der Waals surface area contributed by atoms with Crippen LogP contribution in [0.4, 0.5) is 4.79 Å². The smallest absolute Gasteiger partial charge is 0.407 e. The summed E-state index contributed by atoms with van der Waals surface area (Å²) in [4.78, 5) is 11.5. The van der Waals surface area contributed by atoms with E-state index in [-0.39, 0.29) is 6.09 Å². The summed E-state index contributed by atoms with van der Waals surface area (Å²) in [6.07, 6.45) is -0.335. The Balaban J connectivity index is 1.66. The molecule has 2 rings (SSSR count). The van der Waals surface area contributed by atoms with E-state index in [1.54, 1.807) is 0 Å². The Hall–Kier alpha value is -1.55. The Morgan fingerprint density at radius 3 is 2.83 bits per heavy atom. The molecule has 0 radical (unpaired) electrons. The van der Waals surface area contributed by atoms with Gasteiger partial charge in [-0.15, -0.1) is 0 Å². The van der Waals surface area contributed by atoms with Gasteiger partial charge in [-0.25, -0.2) is 4.79 Å². The molecule has 2 atom stereocenters. The van der Waals surface area contributed by atoms with Gasteiger partial charge < -0.3 is 15.4 Å². The van der Waals surface area contributed by atoms with Crippen molar-refractivity contribution in [3.8, 4) is 0 Å². The van der Waals surface area contributed by atoms with E-state index in [0.717, 1.165) is 18.7 Å². The third-order valence-electron chi connectivity index (χ3n) is 3.40. The second-order valence-corrected chi connectivity index (χ2v) is 4.84. The lowest BCUT2D eigenvalue weighted by Gasteiger charge is -2.14. The van der Waals surface area contributed by atoms with Crippen LogP contribution in [0, 0.1) is 11.8 Å². The molecule has 1 amide bonds. The molecule has 1 heterocycles. The highest BCUT2D eigenvalue weighted by molar-refractivity contribution is 5.67. The highest BCUT2D eigenvalue weighted by Gasteiger charge is 2.23. The number of carbonyl (C=O) groups excluding carboxylic acids is 1. The fraction of sp³-hybridized carbons (Fsp3) is 0.500. The van der Waals surface area contributed by atoms with Crippen LogP contribution in [0.3, 0.4) is 0 Å².